The van der Waals surface area contributed by atoms with Crippen molar-refractivity contribution < 1.29 is 50.2 Å². The minimum absolute atomic E-state index is 0.00843. The highest BCUT2D eigenvalue weighted by atomic mass is 32.2. The Labute approximate surface area is 265 Å². The molecule has 1 heterocycles. The van der Waals surface area contributed by atoms with Crippen molar-refractivity contribution in [1.29, 1.82) is 0 Å². The molecule has 1 unspecified atom stereocenters. The molecule has 15 heteroatoms. The lowest BCUT2D eigenvalue weighted by Crippen LogP contribution is -2.49. The third-order valence-electron chi connectivity index (χ3n) is 7.27. The lowest BCUT2D eigenvalue weighted by Gasteiger charge is -2.38. The number of ketones is 1. The molecule has 0 saturated heterocycles. The number of Topliss-reactive ketones (excluding diaryl/α,β-unsaturated/α-hetero) is 1. The van der Waals surface area contributed by atoms with Crippen LogP contribution in [0.1, 0.15) is 71.9 Å². The zero-order chi connectivity index (χ0) is 34.9. The zero-order valence-corrected chi connectivity index (χ0v) is 27.2. The van der Waals surface area contributed by atoms with E-state index in [0.717, 1.165) is 46.8 Å². The van der Waals surface area contributed by atoms with Crippen LogP contribution in [-0.4, -0.2) is 61.2 Å². The highest BCUT2D eigenvalue weighted by molar-refractivity contribution is 7.92. The Balaban J connectivity index is 1.82. The van der Waals surface area contributed by atoms with Crippen LogP contribution in [0.15, 0.2) is 47.4 Å². The first-order chi connectivity index (χ1) is 20.9. The van der Waals surface area contributed by atoms with Crippen molar-refractivity contribution in [2.45, 2.75) is 101 Å². The number of ether oxygens (including phenoxy) is 1. The molecule has 46 heavy (non-hydrogen) atoms. The number of amides is 2. The fourth-order valence-electron chi connectivity index (χ4n) is 4.95. The number of anilines is 1. The molecule has 0 fully saturated rings. The lowest BCUT2D eigenvalue weighted by molar-refractivity contribution is -0.258. The molecule has 3 rings (SSSR count). The highest BCUT2D eigenvalue weighted by Gasteiger charge is 2.51. The molecule has 0 radical (unpaired) electrons. The Morgan fingerprint density at radius 1 is 1.00 bits per heavy atom. The number of halogens is 4. The SMILES string of the molecule is CC(C)(CC(=O)NCC(=O)C[C@@H]1CCc2cc(C(C)(O)C(F)(F)F)ccc2N1S(=O)(=O)c1ccc(F)cc1)NC(=O)OC(C)(C)C. The molecule has 2 amide bonds. The van der Waals surface area contributed by atoms with Crippen LogP contribution in [0.5, 0.6) is 0 Å². The van der Waals surface area contributed by atoms with E-state index in [1.54, 1.807) is 34.6 Å². The van der Waals surface area contributed by atoms with Crippen molar-refractivity contribution in [3.05, 3.63) is 59.4 Å². The second kappa shape index (κ2) is 13.2. The van der Waals surface area contributed by atoms with E-state index >= 15 is 0 Å². The van der Waals surface area contributed by atoms with Gasteiger partial charge in [-0.3, -0.25) is 13.9 Å². The van der Waals surface area contributed by atoms with Crippen molar-refractivity contribution in [3.63, 3.8) is 0 Å². The molecule has 1 aliphatic heterocycles. The van der Waals surface area contributed by atoms with Gasteiger partial charge >= 0.3 is 12.3 Å². The fourth-order valence-corrected chi connectivity index (χ4v) is 6.67. The van der Waals surface area contributed by atoms with Crippen LogP contribution in [-0.2, 0) is 36.4 Å². The van der Waals surface area contributed by atoms with Crippen molar-refractivity contribution in [2.24, 2.45) is 0 Å². The summed E-state index contributed by atoms with van der Waals surface area (Å²) in [6.45, 7) is 8.38. The Hall–Kier alpha value is -3.72. The number of aliphatic hydroxyl groups is 1. The Kier molecular flexibility index (Phi) is 10.5. The van der Waals surface area contributed by atoms with Gasteiger partial charge in [0.15, 0.2) is 11.4 Å². The standard InChI is InChI=1S/C31H39F4N3O7S/c1-28(2,3)45-27(41)37-29(4,5)17-26(40)36-18-23(39)16-22-11-7-19-15-20(30(6,42)31(33,34)35)8-14-25(19)38(22)46(43,44)24-12-9-21(32)10-13-24/h8-10,12-15,22,42H,7,11,16-18H2,1-6H3,(H,36,40)(H,37,41)/t22-,30?/m0/s1. The molecule has 2 aromatic carbocycles. The molecule has 2 aromatic rings. The van der Waals surface area contributed by atoms with Gasteiger partial charge in [-0.25, -0.2) is 17.6 Å². The third kappa shape index (κ3) is 8.96. The van der Waals surface area contributed by atoms with E-state index < -0.39 is 74.7 Å². The maximum Gasteiger partial charge on any atom is 0.421 e. The van der Waals surface area contributed by atoms with Crippen LogP contribution in [0.25, 0.3) is 0 Å². The van der Waals surface area contributed by atoms with Crippen LogP contribution in [0, 0.1) is 5.82 Å². The number of hydrogen-bond donors (Lipinski definition) is 3. The maximum atomic E-state index is 13.8. The Bertz CT molecular complexity index is 1570. The van der Waals surface area contributed by atoms with Crippen molar-refractivity contribution in [3.8, 4) is 0 Å². The maximum absolute atomic E-state index is 13.8. The number of hydrogen-bond acceptors (Lipinski definition) is 7. The molecule has 254 valence electrons. The number of fused-ring (bicyclic) bond motifs is 1. The summed E-state index contributed by atoms with van der Waals surface area (Å²) in [6, 6.07) is 6.16. The van der Waals surface area contributed by atoms with E-state index in [4.69, 9.17) is 4.74 Å². The monoisotopic (exact) mass is 673 g/mol. The second-order valence-corrected chi connectivity index (χ2v) is 14.9. The lowest BCUT2D eigenvalue weighted by atomic mass is 9.89. The molecular weight excluding hydrogens is 634 g/mol. The summed E-state index contributed by atoms with van der Waals surface area (Å²) in [5.74, 6) is -1.79. The van der Waals surface area contributed by atoms with Crippen molar-refractivity contribution in [2.75, 3.05) is 10.8 Å². The molecule has 0 aliphatic carbocycles. The summed E-state index contributed by atoms with van der Waals surface area (Å²) in [5, 5.41) is 15.2. The average molecular weight is 674 g/mol. The third-order valence-corrected chi connectivity index (χ3v) is 9.15. The first-order valence-electron chi connectivity index (χ1n) is 14.4. The van der Waals surface area contributed by atoms with Gasteiger partial charge in [-0.2, -0.15) is 13.2 Å². The number of carbonyl (C=O) groups excluding carboxylic acids is 3. The van der Waals surface area contributed by atoms with Gasteiger partial charge in [0.1, 0.15) is 11.4 Å². The van der Waals surface area contributed by atoms with Crippen LogP contribution in [0.4, 0.5) is 28.0 Å². The highest BCUT2D eigenvalue weighted by Crippen LogP contribution is 2.43. The Morgan fingerprint density at radius 2 is 1.61 bits per heavy atom. The van der Waals surface area contributed by atoms with Gasteiger partial charge in [-0.05, 0) is 95.8 Å². The summed E-state index contributed by atoms with van der Waals surface area (Å²) in [7, 11) is -4.45. The molecule has 3 N–H and O–H groups in total. The molecule has 0 saturated carbocycles. The summed E-state index contributed by atoms with van der Waals surface area (Å²) >= 11 is 0. The van der Waals surface area contributed by atoms with E-state index in [0.29, 0.717) is 6.92 Å². The van der Waals surface area contributed by atoms with Crippen molar-refractivity contribution >= 4 is 33.5 Å². The molecule has 2 atom stereocenters. The number of nitrogens with one attached hydrogen (secondary N) is 2. The van der Waals surface area contributed by atoms with E-state index in [-0.39, 0.29) is 41.8 Å². The number of carbonyl (C=O) groups is 3. The number of sulfonamides is 1. The number of rotatable bonds is 10. The summed E-state index contributed by atoms with van der Waals surface area (Å²) < 4.78 is 88.0. The predicted molar refractivity (Wildman–Crippen MR) is 161 cm³/mol. The number of aryl methyl sites for hydroxylation is 1. The van der Waals surface area contributed by atoms with E-state index in [1.807, 2.05) is 0 Å². The van der Waals surface area contributed by atoms with Gasteiger partial charge in [0.25, 0.3) is 10.0 Å². The van der Waals surface area contributed by atoms with Gasteiger partial charge in [-0.1, -0.05) is 12.1 Å². The van der Waals surface area contributed by atoms with Gasteiger partial charge < -0.3 is 20.5 Å². The van der Waals surface area contributed by atoms with E-state index in [2.05, 4.69) is 10.6 Å². The molecule has 0 spiro atoms. The normalized spacial score (nSPS) is 17.0. The fraction of sp³-hybridized carbons (Fsp3) is 0.516. The van der Waals surface area contributed by atoms with Crippen molar-refractivity contribution in [1.82, 2.24) is 10.6 Å². The number of benzene rings is 2. The van der Waals surface area contributed by atoms with Gasteiger partial charge in [-0.15, -0.1) is 0 Å². The zero-order valence-electron chi connectivity index (χ0n) is 26.4. The van der Waals surface area contributed by atoms with Crippen LogP contribution in [0.2, 0.25) is 0 Å². The van der Waals surface area contributed by atoms with E-state index in [1.165, 1.54) is 0 Å². The first-order valence-corrected chi connectivity index (χ1v) is 15.9. The van der Waals surface area contributed by atoms with Gasteiger partial charge in [0, 0.05) is 18.4 Å². The summed E-state index contributed by atoms with van der Waals surface area (Å²) in [4.78, 5) is 37.5. The molecule has 10 nitrogen and oxygen atoms in total. The smallest absolute Gasteiger partial charge is 0.421 e. The number of alkyl carbamates (subject to hydrolysis) is 1. The average Bonchev–Trinajstić information content (AvgIpc) is 2.89. The summed E-state index contributed by atoms with van der Waals surface area (Å²) in [6.07, 6.45) is -6.18. The largest absolute Gasteiger partial charge is 0.444 e. The Morgan fingerprint density at radius 3 is 2.17 bits per heavy atom. The van der Waals surface area contributed by atoms with Gasteiger partial charge in [0.2, 0.25) is 5.91 Å². The molecule has 0 aromatic heterocycles. The number of nitrogens with zero attached hydrogens (tertiary/aromatic N) is 1. The topological polar surface area (TPSA) is 142 Å². The van der Waals surface area contributed by atoms with Crippen LogP contribution in [0.3, 0.4) is 0 Å². The quantitative estimate of drug-likeness (QED) is 0.306. The van der Waals surface area contributed by atoms with Crippen LogP contribution < -0.4 is 14.9 Å². The number of alkyl halides is 3. The van der Waals surface area contributed by atoms with E-state index in [9.17, 15) is 45.5 Å². The first kappa shape index (κ1) is 36.7. The molecule has 0 bridgehead atoms. The van der Waals surface area contributed by atoms with Crippen LogP contribution >= 0.6 is 0 Å². The predicted octanol–water partition coefficient (Wildman–Crippen LogP) is 4.87. The minimum Gasteiger partial charge on any atom is -0.444 e. The molecular formula is C31H39F4N3O7S. The van der Waals surface area contributed by atoms with Gasteiger partial charge in [0.05, 0.1) is 23.2 Å². The second-order valence-electron chi connectivity index (χ2n) is 13.1. The summed E-state index contributed by atoms with van der Waals surface area (Å²) in [5.41, 5.74) is -5.27. The minimum atomic E-state index is -5.00. The molecule has 1 aliphatic rings.